The summed E-state index contributed by atoms with van der Waals surface area (Å²) in [5.41, 5.74) is 3.27. The van der Waals surface area contributed by atoms with Crippen molar-refractivity contribution in [1.82, 2.24) is 0 Å². The molecule has 0 aromatic heterocycles. The van der Waals surface area contributed by atoms with Crippen LogP contribution in [0.3, 0.4) is 0 Å². The highest BCUT2D eigenvalue weighted by molar-refractivity contribution is 6.69. The van der Waals surface area contributed by atoms with Gasteiger partial charge in [-0.1, -0.05) is 55.5 Å². The van der Waals surface area contributed by atoms with Gasteiger partial charge < -0.3 is 0 Å². The zero-order valence-electron chi connectivity index (χ0n) is 21.9. The normalized spacial score (nSPS) is 18.0. The van der Waals surface area contributed by atoms with Crippen molar-refractivity contribution >= 4 is 151 Å². The molecule has 1 unspecified atom stereocenters. The second-order valence-electron chi connectivity index (χ2n) is 14.1. The van der Waals surface area contributed by atoms with E-state index in [2.05, 4.69) is 55.5 Å². The van der Waals surface area contributed by atoms with Gasteiger partial charge in [-0.2, -0.15) is 0 Å². The molecule has 178 valence electrons. The summed E-state index contributed by atoms with van der Waals surface area (Å²) in [6.45, 7) is 2.50. The first-order valence-electron chi connectivity index (χ1n) is 15.3. The first-order chi connectivity index (χ1) is 20.3. The van der Waals surface area contributed by atoms with Crippen LogP contribution in [0.15, 0.2) is 48.5 Å². The van der Waals surface area contributed by atoms with E-state index in [4.69, 9.17) is 0 Å². The van der Waals surface area contributed by atoms with E-state index >= 15 is 0 Å². The highest BCUT2D eigenvalue weighted by Gasteiger charge is 2.40. The van der Waals surface area contributed by atoms with E-state index in [9.17, 15) is 0 Å². The Morgan fingerprint density at radius 2 is 0.610 bits per heavy atom. The van der Waals surface area contributed by atoms with Crippen molar-refractivity contribution in [3.8, 4) is 0 Å². The molecule has 1 aliphatic carbocycles. The van der Waals surface area contributed by atoms with E-state index < -0.39 is 0 Å². The molecule has 0 aliphatic heterocycles. The predicted octanol–water partition coefficient (Wildman–Crippen LogP) is 11.7. The van der Waals surface area contributed by atoms with Gasteiger partial charge in [0, 0.05) is 0 Å². The Morgan fingerprint density at radius 1 is 0.317 bits per heavy atom. The van der Waals surface area contributed by atoms with E-state index in [1.165, 1.54) is 43.1 Å². The van der Waals surface area contributed by atoms with Gasteiger partial charge in [-0.3, -0.25) is 0 Å². The smallest absolute Gasteiger partial charge is 0.000000770 e. The molecule has 0 fully saturated rings. The lowest BCUT2D eigenvalue weighted by Gasteiger charge is -2.19. The average Bonchev–Trinajstić information content (AvgIpc) is 3.80. The molecule has 0 heterocycles. The maximum atomic E-state index is 2.51. The Bertz CT molecular complexity index is 3590. The summed E-state index contributed by atoms with van der Waals surface area (Å²) in [4.78, 5) is 0. The first kappa shape index (κ1) is 17.0. The van der Waals surface area contributed by atoms with Crippen LogP contribution in [0.2, 0.25) is 0 Å². The van der Waals surface area contributed by atoms with Crippen molar-refractivity contribution in [1.29, 1.82) is 0 Å². The van der Waals surface area contributed by atoms with Crippen LogP contribution in [0.4, 0.5) is 0 Å². The SMILES string of the molecule is CC1Cc2c3ccc4c5ccc6c7ccc8c9ccc%10c1c1c2c2c3c4c3c5c6c4c7c8c5c9c%10c1c1c2c3c4c51. The van der Waals surface area contributed by atoms with Crippen molar-refractivity contribution in [2.45, 2.75) is 19.3 Å². The molecule has 15 aromatic rings. The van der Waals surface area contributed by atoms with E-state index in [1.54, 1.807) is 119 Å². The lowest BCUT2D eigenvalue weighted by molar-refractivity contribution is 0.776. The van der Waals surface area contributed by atoms with Crippen LogP contribution in [0.25, 0.3) is 151 Å². The summed E-state index contributed by atoms with van der Waals surface area (Å²) in [5.74, 6) is 0.527. The fourth-order valence-corrected chi connectivity index (χ4v) is 12.3. The van der Waals surface area contributed by atoms with Crippen LogP contribution < -0.4 is 0 Å². The molecule has 15 aromatic carbocycles. The zero-order valence-corrected chi connectivity index (χ0v) is 21.9. The first-order valence-corrected chi connectivity index (χ1v) is 15.3. The van der Waals surface area contributed by atoms with Crippen LogP contribution in [0.1, 0.15) is 24.0 Å². The average molecular weight is 507 g/mol. The second kappa shape index (κ2) is 4.32. The maximum Gasteiger partial charge on any atom is -0.000000770 e. The maximum absolute atomic E-state index is 2.51. The molecule has 0 amide bonds. The molecule has 0 bridgehead atoms. The van der Waals surface area contributed by atoms with Gasteiger partial charge >= 0.3 is 0 Å². The van der Waals surface area contributed by atoms with Crippen molar-refractivity contribution in [2.24, 2.45) is 0 Å². The largest absolute Gasteiger partial charge is 0.0580 e. The molecule has 0 saturated heterocycles. The van der Waals surface area contributed by atoms with Crippen molar-refractivity contribution < 1.29 is 0 Å². The third kappa shape index (κ3) is 1.14. The highest BCUT2D eigenvalue weighted by Crippen LogP contribution is 2.68. The minimum absolute atomic E-state index is 0.527. The predicted molar refractivity (Wildman–Crippen MR) is 178 cm³/mol. The van der Waals surface area contributed by atoms with Gasteiger partial charge in [0.2, 0.25) is 0 Å². The number of hydrogen-bond donors (Lipinski definition) is 0. The van der Waals surface area contributed by atoms with Crippen LogP contribution >= 0.6 is 0 Å². The summed E-state index contributed by atoms with van der Waals surface area (Å²) in [6, 6.07) is 19.9. The topological polar surface area (TPSA) is 0 Å². The van der Waals surface area contributed by atoms with Gasteiger partial charge in [0.15, 0.2) is 0 Å². The van der Waals surface area contributed by atoms with Gasteiger partial charge in [0.25, 0.3) is 0 Å². The Balaban J connectivity index is 1.57. The zero-order chi connectivity index (χ0) is 25.3. The molecule has 0 nitrogen and oxygen atoms in total. The van der Waals surface area contributed by atoms with Crippen molar-refractivity contribution in [3.63, 3.8) is 0 Å². The van der Waals surface area contributed by atoms with Gasteiger partial charge in [-0.25, -0.2) is 0 Å². The minimum atomic E-state index is 0.527. The molecule has 0 spiro atoms. The van der Waals surface area contributed by atoms with E-state index in [-0.39, 0.29) is 0 Å². The van der Waals surface area contributed by atoms with E-state index in [1.807, 2.05) is 0 Å². The molecule has 0 heteroatoms. The third-order valence-corrected chi connectivity index (χ3v) is 13.1. The summed E-state index contributed by atoms with van der Waals surface area (Å²) >= 11 is 0. The molecule has 16 rings (SSSR count). The Morgan fingerprint density at radius 3 is 1.07 bits per heavy atom. The van der Waals surface area contributed by atoms with E-state index in [0.717, 1.165) is 6.42 Å². The van der Waals surface area contributed by atoms with E-state index in [0.29, 0.717) is 5.92 Å². The molecule has 0 radical (unpaired) electrons. The lowest BCUT2D eigenvalue weighted by atomic mass is 9.83. The van der Waals surface area contributed by atoms with Gasteiger partial charge in [0.05, 0.1) is 0 Å². The van der Waals surface area contributed by atoms with Crippen molar-refractivity contribution in [2.75, 3.05) is 0 Å². The number of rotatable bonds is 0. The summed E-state index contributed by atoms with van der Waals surface area (Å²) in [7, 11) is 0. The fraction of sp³-hybridized carbons (Fsp3) is 0.0732. The van der Waals surface area contributed by atoms with Gasteiger partial charge in [0.1, 0.15) is 0 Å². The minimum Gasteiger partial charge on any atom is -0.0580 e. The van der Waals surface area contributed by atoms with Crippen molar-refractivity contribution in [3.05, 3.63) is 59.7 Å². The molecule has 0 N–H and O–H groups in total. The van der Waals surface area contributed by atoms with Crippen LogP contribution in [-0.4, -0.2) is 0 Å². The Labute approximate surface area is 229 Å². The summed E-state index contributed by atoms with van der Waals surface area (Å²) in [6.07, 6.45) is 1.15. The van der Waals surface area contributed by atoms with Crippen LogP contribution in [0, 0.1) is 0 Å². The third-order valence-electron chi connectivity index (χ3n) is 13.1. The van der Waals surface area contributed by atoms with Crippen LogP contribution in [0.5, 0.6) is 0 Å². The molecule has 41 heavy (non-hydrogen) atoms. The van der Waals surface area contributed by atoms with Gasteiger partial charge in [-0.05, 0) is 174 Å². The van der Waals surface area contributed by atoms with Gasteiger partial charge in [-0.15, -0.1) is 0 Å². The molecule has 0 saturated carbocycles. The standard InChI is InChI=1S/C41H14/c1-11-10-20-18-7-6-16-14-3-2-12-13-4-5-15-17-8-9-19-21(11)31-30(20)35-28(18)26(16)33-23(14)22(12)32-24(13)25(15)34-27(17)29(19)36(31)41-39(34)37(32)38(33)40(35)41/h2-9,11H,10H2,1H3. The van der Waals surface area contributed by atoms with Crippen LogP contribution in [-0.2, 0) is 6.42 Å². The Kier molecular flexibility index (Phi) is 1.79. The monoisotopic (exact) mass is 506 g/mol. The number of benzene rings is 9. The fourth-order valence-electron chi connectivity index (χ4n) is 12.3. The quantitative estimate of drug-likeness (QED) is 0.179. The molecular formula is C41H14. The molecular weight excluding hydrogens is 492 g/mol. The number of hydrogen-bond acceptors (Lipinski definition) is 0. The molecule has 1 aliphatic rings. The summed E-state index contributed by atoms with van der Waals surface area (Å²) < 4.78 is 0. The lowest BCUT2D eigenvalue weighted by Crippen LogP contribution is -2.02. The Hall–Kier alpha value is -4.94. The summed E-state index contributed by atoms with van der Waals surface area (Å²) in [5, 5.41) is 43.5. The highest BCUT2D eigenvalue weighted by atomic mass is 14.4. The molecule has 1 atom stereocenters. The second-order valence-corrected chi connectivity index (χ2v) is 14.1. The number of fused-ring (bicyclic) bond motifs is 5.